The number of halogens is 2. The molecule has 1 heterocycles. The van der Waals surface area contributed by atoms with Gasteiger partial charge in [-0.1, -0.05) is 11.1 Å². The maximum Gasteiger partial charge on any atom is 0.432 e. The molecule has 0 aliphatic heterocycles. The molecule has 1 aromatic heterocycles. The molecule has 8 nitrogen and oxygen atoms in total. The summed E-state index contributed by atoms with van der Waals surface area (Å²) in [5.41, 5.74) is 0.404. The molecule has 1 rings (SSSR count). The molecule has 0 aliphatic carbocycles. The Balaban J connectivity index is 2.40. The third-order valence-corrected chi connectivity index (χ3v) is 2.15. The van der Waals surface area contributed by atoms with Crippen molar-refractivity contribution in [2.75, 3.05) is 13.2 Å². The first kappa shape index (κ1) is 15.7. The number of hydrogen-bond donors (Lipinski definition) is 3. The van der Waals surface area contributed by atoms with Gasteiger partial charge in [0.2, 0.25) is 5.91 Å². The van der Waals surface area contributed by atoms with Gasteiger partial charge in [0.05, 0.1) is 6.54 Å². The van der Waals surface area contributed by atoms with Crippen LogP contribution in [0.5, 0.6) is 0 Å². The summed E-state index contributed by atoms with van der Waals surface area (Å²) in [7, 11) is 0. The number of aliphatic hydroxyl groups is 1. The van der Waals surface area contributed by atoms with Crippen molar-refractivity contribution in [1.82, 2.24) is 15.3 Å². The van der Waals surface area contributed by atoms with Crippen molar-refractivity contribution in [1.29, 1.82) is 0 Å². The van der Waals surface area contributed by atoms with Gasteiger partial charge in [-0.05, 0) is 11.0 Å². The second-order valence-electron chi connectivity index (χ2n) is 3.83. The number of imidazole rings is 1. The highest BCUT2D eigenvalue weighted by Gasteiger charge is 2.27. The Labute approximate surface area is 111 Å². The van der Waals surface area contributed by atoms with E-state index >= 15 is 0 Å². The Hall–Kier alpha value is -2.36. The van der Waals surface area contributed by atoms with E-state index in [0.717, 1.165) is 6.08 Å². The van der Waals surface area contributed by atoms with Gasteiger partial charge in [-0.25, -0.2) is 13.8 Å². The zero-order valence-electron chi connectivity index (χ0n) is 10.2. The number of carbonyl (C=O) groups excluding carboxylic acids is 1. The zero-order chi connectivity index (χ0) is 15.2. The molecule has 0 saturated carbocycles. The number of allylic oxidation sites excluding steroid dienone is 1. The van der Waals surface area contributed by atoms with Crippen LogP contribution in [-0.4, -0.2) is 45.0 Å². The van der Waals surface area contributed by atoms with Gasteiger partial charge in [0.25, 0.3) is 5.92 Å². The molecule has 1 aromatic rings. The van der Waals surface area contributed by atoms with E-state index in [-0.39, 0.29) is 6.42 Å². The number of aromatic amines is 1. The molecule has 1 amide bonds. The van der Waals surface area contributed by atoms with Crippen molar-refractivity contribution < 1.29 is 23.6 Å². The monoisotopic (exact) mass is 290 g/mol. The molecule has 0 aliphatic rings. The van der Waals surface area contributed by atoms with Crippen molar-refractivity contribution in [2.24, 2.45) is 0 Å². The molecule has 0 spiro atoms. The fourth-order valence-electron chi connectivity index (χ4n) is 1.17. The van der Waals surface area contributed by atoms with Crippen LogP contribution in [-0.2, 0) is 11.2 Å². The van der Waals surface area contributed by atoms with E-state index in [9.17, 15) is 23.7 Å². The van der Waals surface area contributed by atoms with E-state index in [4.69, 9.17) is 5.11 Å². The lowest BCUT2D eigenvalue weighted by atomic mass is 10.3. The molecule has 0 unspecified atom stereocenters. The van der Waals surface area contributed by atoms with Crippen molar-refractivity contribution in [2.45, 2.75) is 12.3 Å². The maximum atomic E-state index is 12.6. The number of amides is 1. The van der Waals surface area contributed by atoms with Crippen molar-refractivity contribution in [3.8, 4) is 0 Å². The summed E-state index contributed by atoms with van der Waals surface area (Å²) in [6.45, 7) is -2.32. The topological polar surface area (TPSA) is 121 Å². The van der Waals surface area contributed by atoms with Gasteiger partial charge in [0, 0.05) is 6.42 Å². The van der Waals surface area contributed by atoms with E-state index in [2.05, 4.69) is 9.97 Å². The number of aromatic nitrogens is 2. The lowest BCUT2D eigenvalue weighted by Crippen LogP contribution is -2.38. The molecular formula is C10H12F2N4O4. The lowest BCUT2D eigenvalue weighted by molar-refractivity contribution is -0.393. The first-order valence-corrected chi connectivity index (χ1v) is 5.45. The average Bonchev–Trinajstić information content (AvgIpc) is 2.85. The molecule has 0 radical (unpaired) electrons. The van der Waals surface area contributed by atoms with E-state index in [1.807, 2.05) is 5.32 Å². The number of hydrogen-bond acceptors (Lipinski definition) is 5. The van der Waals surface area contributed by atoms with Gasteiger partial charge in [-0.2, -0.15) is 0 Å². The first-order valence-electron chi connectivity index (χ1n) is 5.45. The molecule has 0 bridgehead atoms. The van der Waals surface area contributed by atoms with E-state index in [0.29, 0.717) is 5.69 Å². The number of carbonyl (C=O) groups is 1. The highest BCUT2D eigenvalue weighted by molar-refractivity contribution is 5.87. The second-order valence-corrected chi connectivity index (χ2v) is 3.83. The Bertz CT molecular complexity index is 515. The first-order chi connectivity index (χ1) is 9.34. The van der Waals surface area contributed by atoms with Gasteiger partial charge >= 0.3 is 5.95 Å². The highest BCUT2D eigenvalue weighted by atomic mass is 19.3. The predicted octanol–water partition coefficient (Wildman–Crippen LogP) is 0.160. The number of rotatable bonds is 7. The fraction of sp³-hybridized carbons (Fsp3) is 0.400. The minimum absolute atomic E-state index is 0.157. The number of nitrogens with one attached hydrogen (secondary N) is 2. The number of aliphatic hydroxyl groups excluding tert-OH is 1. The van der Waals surface area contributed by atoms with Gasteiger partial charge in [0.15, 0.2) is 0 Å². The number of alkyl halides is 2. The third kappa shape index (κ3) is 5.10. The number of H-pyrrole nitrogens is 1. The summed E-state index contributed by atoms with van der Waals surface area (Å²) in [5.74, 6) is -4.54. The number of nitro groups is 1. The molecule has 0 atom stereocenters. The lowest BCUT2D eigenvalue weighted by Gasteiger charge is -2.12. The Morgan fingerprint density at radius 1 is 1.65 bits per heavy atom. The van der Waals surface area contributed by atoms with Crippen LogP contribution in [0.2, 0.25) is 0 Å². The summed E-state index contributed by atoms with van der Waals surface area (Å²) in [6.07, 6.45) is 3.74. The second kappa shape index (κ2) is 6.70. The van der Waals surface area contributed by atoms with Crippen molar-refractivity contribution in [3.05, 3.63) is 34.2 Å². The molecule has 10 heteroatoms. The summed E-state index contributed by atoms with van der Waals surface area (Å²) >= 11 is 0. The minimum Gasteiger partial charge on any atom is -0.390 e. The van der Waals surface area contributed by atoms with Gasteiger partial charge in [-0.15, -0.1) is 0 Å². The minimum atomic E-state index is -3.37. The van der Waals surface area contributed by atoms with Crippen LogP contribution in [0, 0.1) is 10.1 Å². The molecule has 0 saturated heterocycles. The van der Waals surface area contributed by atoms with E-state index < -0.39 is 35.9 Å². The van der Waals surface area contributed by atoms with Gasteiger partial charge in [-0.3, -0.25) is 4.79 Å². The predicted molar refractivity (Wildman–Crippen MR) is 63.1 cm³/mol. The average molecular weight is 290 g/mol. The van der Waals surface area contributed by atoms with E-state index in [1.165, 1.54) is 12.3 Å². The maximum absolute atomic E-state index is 12.6. The van der Waals surface area contributed by atoms with Crippen LogP contribution in [0.1, 0.15) is 5.69 Å². The quantitative estimate of drug-likeness (QED) is 0.375. The van der Waals surface area contributed by atoms with Crippen LogP contribution in [0.3, 0.4) is 0 Å². The largest absolute Gasteiger partial charge is 0.432 e. The normalized spacial score (nSPS) is 11.8. The fourth-order valence-corrected chi connectivity index (χ4v) is 1.17. The molecule has 20 heavy (non-hydrogen) atoms. The Kier molecular flexibility index (Phi) is 5.26. The molecule has 0 aromatic carbocycles. The van der Waals surface area contributed by atoms with E-state index in [1.54, 1.807) is 0 Å². The molecule has 110 valence electrons. The van der Waals surface area contributed by atoms with Crippen LogP contribution in [0.15, 0.2) is 18.3 Å². The number of nitrogens with zero attached hydrogens (tertiary/aromatic N) is 2. The summed E-state index contributed by atoms with van der Waals surface area (Å²) < 4.78 is 25.2. The summed E-state index contributed by atoms with van der Waals surface area (Å²) in [5, 5.41) is 20.5. The molecular weight excluding hydrogens is 278 g/mol. The third-order valence-electron chi connectivity index (χ3n) is 2.15. The molecule has 0 fully saturated rings. The Morgan fingerprint density at radius 3 is 2.90 bits per heavy atom. The van der Waals surface area contributed by atoms with Gasteiger partial charge < -0.3 is 20.5 Å². The van der Waals surface area contributed by atoms with Crippen molar-refractivity contribution >= 4 is 11.9 Å². The SMILES string of the molecule is O=C(/C=C/Cc1cnc([N+](=O)[O-])[nH]1)NCC(F)(F)CO. The highest BCUT2D eigenvalue weighted by Crippen LogP contribution is 2.09. The van der Waals surface area contributed by atoms with Crippen LogP contribution >= 0.6 is 0 Å². The summed E-state index contributed by atoms with van der Waals surface area (Å²) in [6, 6.07) is 0. The standard InChI is InChI=1S/C10H12F2N4O4/c11-10(12,6-17)5-14-8(18)3-1-2-7-4-13-9(15-7)16(19)20/h1,3-4,17H,2,5-6H2,(H,13,15)(H,14,18)/b3-1+. The molecule has 3 N–H and O–H groups in total. The summed E-state index contributed by atoms with van der Waals surface area (Å²) in [4.78, 5) is 26.7. The van der Waals surface area contributed by atoms with Crippen LogP contribution < -0.4 is 5.32 Å². The van der Waals surface area contributed by atoms with Crippen molar-refractivity contribution in [3.63, 3.8) is 0 Å². The Morgan fingerprint density at radius 2 is 2.35 bits per heavy atom. The smallest absolute Gasteiger partial charge is 0.390 e. The zero-order valence-corrected chi connectivity index (χ0v) is 10.2. The van der Waals surface area contributed by atoms with Crippen LogP contribution in [0.4, 0.5) is 14.7 Å². The van der Waals surface area contributed by atoms with Crippen LogP contribution in [0.25, 0.3) is 0 Å². The van der Waals surface area contributed by atoms with Gasteiger partial charge in [0.1, 0.15) is 18.5 Å².